The molecule has 2 aliphatic rings. The highest BCUT2D eigenvalue weighted by molar-refractivity contribution is 7.80. The van der Waals surface area contributed by atoms with Gasteiger partial charge in [-0.2, -0.15) is 0 Å². The molecular weight excluding hydrogens is 268 g/mol. The molecular formula is C11H18N4O3S. The fraction of sp³-hybridized carbons (Fsp3) is 0.727. The number of aliphatic carboxylic acids is 1. The zero-order valence-electron chi connectivity index (χ0n) is 10.5. The van der Waals surface area contributed by atoms with Crippen LogP contribution in [0.1, 0.15) is 19.3 Å². The Morgan fingerprint density at radius 1 is 1.42 bits per heavy atom. The Morgan fingerprint density at radius 2 is 2.05 bits per heavy atom. The Hall–Kier alpha value is -1.41. The lowest BCUT2D eigenvalue weighted by molar-refractivity contribution is -0.141. The molecule has 0 aromatic heterocycles. The number of carboxylic acids is 1. The summed E-state index contributed by atoms with van der Waals surface area (Å²) >= 11 is 5.06. The van der Waals surface area contributed by atoms with Crippen LogP contribution in [0.25, 0.3) is 0 Å². The van der Waals surface area contributed by atoms with Crippen molar-refractivity contribution in [3.63, 3.8) is 0 Å². The second-order valence-electron chi connectivity index (χ2n) is 4.95. The number of carbonyl (C=O) groups excluding carboxylic acids is 1. The third-order valence-electron chi connectivity index (χ3n) is 3.82. The standard InChI is InChI=1S/C11H18N4O3S/c12-13-11(19)14-3-1-8(2-4-14)15-6-7(10(17)18)5-9(15)16/h7-8H,1-6,12H2,(H,13,19)(H,17,18). The van der Waals surface area contributed by atoms with Gasteiger partial charge < -0.3 is 20.3 Å². The smallest absolute Gasteiger partial charge is 0.308 e. The highest BCUT2D eigenvalue weighted by Gasteiger charge is 2.38. The van der Waals surface area contributed by atoms with Crippen molar-refractivity contribution in [1.82, 2.24) is 15.2 Å². The van der Waals surface area contributed by atoms with E-state index in [1.165, 1.54) is 0 Å². The minimum atomic E-state index is -0.887. The molecule has 0 radical (unpaired) electrons. The average Bonchev–Trinajstić information content (AvgIpc) is 2.80. The number of piperidine rings is 1. The van der Waals surface area contributed by atoms with Crippen LogP contribution >= 0.6 is 12.2 Å². The first-order valence-electron chi connectivity index (χ1n) is 6.30. The SMILES string of the molecule is NNC(=S)N1CCC(N2CC(C(=O)O)CC2=O)CC1. The molecule has 1 atom stereocenters. The largest absolute Gasteiger partial charge is 0.481 e. The summed E-state index contributed by atoms with van der Waals surface area (Å²) < 4.78 is 0. The number of likely N-dealkylation sites (tertiary alicyclic amines) is 2. The van der Waals surface area contributed by atoms with Gasteiger partial charge in [-0.15, -0.1) is 0 Å². The highest BCUT2D eigenvalue weighted by Crippen LogP contribution is 2.25. The van der Waals surface area contributed by atoms with E-state index < -0.39 is 11.9 Å². The van der Waals surface area contributed by atoms with E-state index >= 15 is 0 Å². The van der Waals surface area contributed by atoms with Gasteiger partial charge in [0.15, 0.2) is 5.11 Å². The highest BCUT2D eigenvalue weighted by atomic mass is 32.1. The third-order valence-corrected chi connectivity index (χ3v) is 4.20. The van der Waals surface area contributed by atoms with E-state index in [-0.39, 0.29) is 18.4 Å². The van der Waals surface area contributed by atoms with Gasteiger partial charge in [0.25, 0.3) is 0 Å². The summed E-state index contributed by atoms with van der Waals surface area (Å²) in [5.41, 5.74) is 2.45. The van der Waals surface area contributed by atoms with Gasteiger partial charge in [-0.05, 0) is 25.1 Å². The summed E-state index contributed by atoms with van der Waals surface area (Å²) in [4.78, 5) is 26.5. The molecule has 2 heterocycles. The molecule has 2 rings (SSSR count). The van der Waals surface area contributed by atoms with Crippen molar-refractivity contribution in [2.45, 2.75) is 25.3 Å². The zero-order chi connectivity index (χ0) is 14.0. The van der Waals surface area contributed by atoms with Crippen molar-refractivity contribution in [2.24, 2.45) is 11.8 Å². The van der Waals surface area contributed by atoms with Gasteiger partial charge in [0.05, 0.1) is 5.92 Å². The van der Waals surface area contributed by atoms with E-state index in [1.807, 2.05) is 4.90 Å². The minimum absolute atomic E-state index is 0.0506. The molecule has 0 aromatic carbocycles. The molecule has 19 heavy (non-hydrogen) atoms. The monoisotopic (exact) mass is 286 g/mol. The summed E-state index contributed by atoms with van der Waals surface area (Å²) in [5.74, 6) is 3.77. The first kappa shape index (κ1) is 14.0. The number of carboxylic acid groups (broad SMARTS) is 1. The average molecular weight is 286 g/mol. The number of hydrogen-bond donors (Lipinski definition) is 3. The van der Waals surface area contributed by atoms with Crippen LogP contribution < -0.4 is 11.3 Å². The summed E-state index contributed by atoms with van der Waals surface area (Å²) in [6, 6.07) is 0.119. The second-order valence-corrected chi connectivity index (χ2v) is 5.34. The van der Waals surface area contributed by atoms with Gasteiger partial charge in [-0.1, -0.05) is 0 Å². The molecule has 4 N–H and O–H groups in total. The van der Waals surface area contributed by atoms with Gasteiger partial charge in [0.2, 0.25) is 5.91 Å². The Balaban J connectivity index is 1.90. The van der Waals surface area contributed by atoms with Crippen molar-refractivity contribution in [3.8, 4) is 0 Å². The molecule has 0 bridgehead atoms. The van der Waals surface area contributed by atoms with E-state index in [0.29, 0.717) is 11.7 Å². The molecule has 7 nitrogen and oxygen atoms in total. The van der Waals surface area contributed by atoms with Crippen molar-refractivity contribution in [2.75, 3.05) is 19.6 Å². The van der Waals surface area contributed by atoms with Gasteiger partial charge in [-0.25, -0.2) is 5.84 Å². The predicted octanol–water partition coefficient (Wildman–Crippen LogP) is -0.868. The first-order valence-corrected chi connectivity index (χ1v) is 6.71. The summed E-state index contributed by atoms with van der Waals surface area (Å²) in [6.45, 7) is 1.79. The number of carbonyl (C=O) groups is 2. The Bertz CT molecular complexity index is 395. The van der Waals surface area contributed by atoms with Crippen LogP contribution in [0.5, 0.6) is 0 Å². The van der Waals surface area contributed by atoms with Crippen LogP contribution in [0.15, 0.2) is 0 Å². The Kier molecular flexibility index (Phi) is 4.20. The van der Waals surface area contributed by atoms with Gasteiger partial charge >= 0.3 is 5.97 Å². The van der Waals surface area contributed by atoms with E-state index in [1.54, 1.807) is 4.90 Å². The number of hydrogen-bond acceptors (Lipinski definition) is 4. The fourth-order valence-corrected chi connectivity index (χ4v) is 2.90. The minimum Gasteiger partial charge on any atom is -0.481 e. The number of amides is 1. The third kappa shape index (κ3) is 2.95. The molecule has 2 fully saturated rings. The molecule has 0 saturated carbocycles. The zero-order valence-corrected chi connectivity index (χ0v) is 11.4. The van der Waals surface area contributed by atoms with Gasteiger partial charge in [0, 0.05) is 32.1 Å². The van der Waals surface area contributed by atoms with E-state index in [2.05, 4.69) is 5.43 Å². The number of thiocarbonyl (C=S) groups is 1. The maximum absolute atomic E-state index is 11.9. The van der Waals surface area contributed by atoms with Crippen LogP contribution in [0, 0.1) is 5.92 Å². The van der Waals surface area contributed by atoms with Crippen LogP contribution in [0.4, 0.5) is 0 Å². The maximum Gasteiger partial charge on any atom is 0.308 e. The lowest BCUT2D eigenvalue weighted by Crippen LogP contribution is -2.51. The molecule has 0 spiro atoms. The lowest BCUT2D eigenvalue weighted by Gasteiger charge is -2.37. The fourth-order valence-electron chi connectivity index (χ4n) is 2.72. The number of nitrogens with one attached hydrogen (secondary N) is 1. The quantitative estimate of drug-likeness (QED) is 0.345. The van der Waals surface area contributed by atoms with Crippen molar-refractivity contribution < 1.29 is 14.7 Å². The molecule has 1 unspecified atom stereocenters. The van der Waals surface area contributed by atoms with Crippen molar-refractivity contribution in [1.29, 1.82) is 0 Å². The van der Waals surface area contributed by atoms with Crippen LogP contribution in [0.2, 0.25) is 0 Å². The van der Waals surface area contributed by atoms with Crippen LogP contribution in [-0.4, -0.2) is 57.6 Å². The molecule has 0 aromatic rings. The van der Waals surface area contributed by atoms with Gasteiger partial charge in [-0.3, -0.25) is 9.59 Å². The maximum atomic E-state index is 11.9. The van der Waals surface area contributed by atoms with Crippen LogP contribution in [0.3, 0.4) is 0 Å². The number of hydrazine groups is 1. The normalized spacial score (nSPS) is 24.7. The molecule has 0 aliphatic carbocycles. The first-order chi connectivity index (χ1) is 9.02. The topological polar surface area (TPSA) is 98.9 Å². The summed E-state index contributed by atoms with van der Waals surface area (Å²) in [7, 11) is 0. The van der Waals surface area contributed by atoms with Crippen LogP contribution in [-0.2, 0) is 9.59 Å². The van der Waals surface area contributed by atoms with E-state index in [9.17, 15) is 9.59 Å². The molecule has 8 heteroatoms. The number of rotatable bonds is 2. The lowest BCUT2D eigenvalue weighted by atomic mass is 10.0. The van der Waals surface area contributed by atoms with E-state index in [0.717, 1.165) is 25.9 Å². The van der Waals surface area contributed by atoms with Crippen molar-refractivity contribution in [3.05, 3.63) is 0 Å². The Labute approximate surface area is 116 Å². The Morgan fingerprint density at radius 3 is 2.53 bits per heavy atom. The molecule has 1 amide bonds. The molecule has 106 valence electrons. The predicted molar refractivity (Wildman–Crippen MR) is 72.0 cm³/mol. The molecule has 2 saturated heterocycles. The summed E-state index contributed by atoms with van der Waals surface area (Å²) in [5, 5.41) is 9.48. The van der Waals surface area contributed by atoms with Crippen molar-refractivity contribution >= 4 is 29.2 Å². The van der Waals surface area contributed by atoms with E-state index in [4.69, 9.17) is 23.2 Å². The van der Waals surface area contributed by atoms with Gasteiger partial charge in [0.1, 0.15) is 0 Å². The number of nitrogens with zero attached hydrogens (tertiary/aromatic N) is 2. The summed E-state index contributed by atoms with van der Waals surface area (Å²) in [6.07, 6.45) is 1.71. The molecule has 2 aliphatic heterocycles. The number of nitrogens with two attached hydrogens (primary N) is 1. The second kappa shape index (κ2) is 5.70.